The standard InChI is InChI=1S/C9H12AsNO/c1-7-6-8(11(2)3)4-5-9(7)10-12/h4-6H,1-3H3. The predicted molar refractivity (Wildman–Crippen MR) is 51.6 cm³/mol. The molecule has 0 bridgehead atoms. The second-order valence-electron chi connectivity index (χ2n) is 2.96. The second kappa shape index (κ2) is 3.86. The molecular weight excluding hydrogens is 213 g/mol. The van der Waals surface area contributed by atoms with Crippen molar-refractivity contribution in [2.75, 3.05) is 19.0 Å². The Labute approximate surface area is 79.5 Å². The van der Waals surface area contributed by atoms with Crippen molar-refractivity contribution in [1.82, 2.24) is 0 Å². The molecule has 0 N–H and O–H groups in total. The van der Waals surface area contributed by atoms with Gasteiger partial charge in [-0.15, -0.1) is 0 Å². The molecule has 2 nitrogen and oxygen atoms in total. The van der Waals surface area contributed by atoms with Crippen LogP contribution < -0.4 is 9.25 Å². The third-order valence-corrected chi connectivity index (χ3v) is 3.26. The summed E-state index contributed by atoms with van der Waals surface area (Å²) in [7, 11) is 4.00. The molecule has 0 heterocycles. The molecule has 0 unspecified atom stereocenters. The zero-order chi connectivity index (χ0) is 9.14. The van der Waals surface area contributed by atoms with E-state index in [1.54, 1.807) is 0 Å². The van der Waals surface area contributed by atoms with Crippen molar-refractivity contribution in [3.63, 3.8) is 0 Å². The van der Waals surface area contributed by atoms with Gasteiger partial charge < -0.3 is 0 Å². The molecule has 1 aromatic carbocycles. The quantitative estimate of drug-likeness (QED) is 0.692. The molecule has 0 spiro atoms. The summed E-state index contributed by atoms with van der Waals surface area (Å²) < 4.78 is 11.7. The number of anilines is 1. The molecule has 0 aliphatic rings. The van der Waals surface area contributed by atoms with Crippen LogP contribution in [0.15, 0.2) is 18.2 Å². The summed E-state index contributed by atoms with van der Waals surface area (Å²) >= 11 is -0.882. The van der Waals surface area contributed by atoms with Crippen LogP contribution in [0.3, 0.4) is 0 Å². The molecule has 0 atom stereocenters. The average molecular weight is 225 g/mol. The van der Waals surface area contributed by atoms with Gasteiger partial charge in [-0.2, -0.15) is 0 Å². The van der Waals surface area contributed by atoms with Gasteiger partial charge in [0.25, 0.3) is 0 Å². The van der Waals surface area contributed by atoms with Crippen molar-refractivity contribution in [1.29, 1.82) is 0 Å². The predicted octanol–water partition coefficient (Wildman–Crippen LogP) is 0.736. The van der Waals surface area contributed by atoms with Gasteiger partial charge in [-0.1, -0.05) is 0 Å². The van der Waals surface area contributed by atoms with Crippen LogP contribution in [0.25, 0.3) is 0 Å². The molecular formula is C9H12AsNO. The van der Waals surface area contributed by atoms with Crippen molar-refractivity contribution in [3.8, 4) is 0 Å². The van der Waals surface area contributed by atoms with Crippen LogP contribution in [-0.2, 0) is 3.74 Å². The molecule has 1 rings (SSSR count). The Hall–Kier alpha value is -0.622. The summed E-state index contributed by atoms with van der Waals surface area (Å²) in [6, 6.07) is 6.00. The molecule has 0 saturated carbocycles. The summed E-state index contributed by atoms with van der Waals surface area (Å²) in [4.78, 5) is 2.04. The van der Waals surface area contributed by atoms with Crippen LogP contribution in [0.4, 0.5) is 5.69 Å². The van der Waals surface area contributed by atoms with Crippen LogP contribution in [0, 0.1) is 6.92 Å². The summed E-state index contributed by atoms with van der Waals surface area (Å²) in [5.74, 6) is 0. The van der Waals surface area contributed by atoms with Crippen molar-refractivity contribution in [2.45, 2.75) is 6.92 Å². The fourth-order valence-corrected chi connectivity index (χ4v) is 1.74. The molecule has 0 aliphatic carbocycles. The third-order valence-electron chi connectivity index (χ3n) is 1.80. The first-order valence-corrected chi connectivity index (χ1v) is 5.47. The van der Waals surface area contributed by atoms with Gasteiger partial charge in [-0.25, -0.2) is 0 Å². The van der Waals surface area contributed by atoms with E-state index in [2.05, 4.69) is 6.07 Å². The van der Waals surface area contributed by atoms with Crippen LogP contribution >= 0.6 is 0 Å². The number of benzene rings is 1. The Morgan fingerprint density at radius 3 is 2.42 bits per heavy atom. The van der Waals surface area contributed by atoms with Crippen LogP contribution in [0.2, 0.25) is 0 Å². The fourth-order valence-electron chi connectivity index (χ4n) is 1.02. The van der Waals surface area contributed by atoms with Crippen LogP contribution in [-0.4, -0.2) is 29.8 Å². The Morgan fingerprint density at radius 1 is 1.33 bits per heavy atom. The normalized spacial score (nSPS) is 10.2. The molecule has 0 fully saturated rings. The van der Waals surface area contributed by atoms with E-state index in [1.165, 1.54) is 0 Å². The molecule has 3 heteroatoms. The summed E-state index contributed by atoms with van der Waals surface area (Å²) in [5, 5.41) is 0. The van der Waals surface area contributed by atoms with Gasteiger partial charge in [-0.3, -0.25) is 0 Å². The minimum atomic E-state index is -0.882. The zero-order valence-electron chi connectivity index (χ0n) is 7.53. The maximum absolute atomic E-state index is 10.7. The zero-order valence-corrected chi connectivity index (χ0v) is 9.41. The van der Waals surface area contributed by atoms with Gasteiger partial charge in [0.05, 0.1) is 0 Å². The van der Waals surface area contributed by atoms with E-state index >= 15 is 0 Å². The van der Waals surface area contributed by atoms with E-state index in [-0.39, 0.29) is 0 Å². The second-order valence-corrected chi connectivity index (χ2v) is 4.35. The van der Waals surface area contributed by atoms with E-state index in [9.17, 15) is 3.74 Å². The van der Waals surface area contributed by atoms with Gasteiger partial charge in [-0.05, 0) is 0 Å². The topological polar surface area (TPSA) is 20.3 Å². The fraction of sp³-hybridized carbons (Fsp3) is 0.333. The number of aryl methyl sites for hydroxylation is 1. The van der Waals surface area contributed by atoms with E-state index < -0.39 is 15.7 Å². The Bertz CT molecular complexity index is 297. The van der Waals surface area contributed by atoms with Gasteiger partial charge in [0.2, 0.25) is 0 Å². The van der Waals surface area contributed by atoms with E-state index in [0.29, 0.717) is 0 Å². The monoisotopic (exact) mass is 225 g/mol. The molecule has 0 amide bonds. The Morgan fingerprint density at radius 2 is 2.00 bits per heavy atom. The Balaban J connectivity index is 3.10. The van der Waals surface area contributed by atoms with Crippen LogP contribution in [0.1, 0.15) is 5.56 Å². The minimum absolute atomic E-state index is 0.882. The first-order valence-electron chi connectivity index (χ1n) is 3.76. The molecule has 12 heavy (non-hydrogen) atoms. The summed E-state index contributed by atoms with van der Waals surface area (Å²) in [5.41, 5.74) is 2.28. The maximum atomic E-state index is 10.7. The van der Waals surface area contributed by atoms with Gasteiger partial charge in [0.15, 0.2) is 0 Å². The molecule has 0 aliphatic heterocycles. The first-order chi connectivity index (χ1) is 5.65. The number of rotatable bonds is 2. The summed E-state index contributed by atoms with van der Waals surface area (Å²) in [6.45, 7) is 2.00. The van der Waals surface area contributed by atoms with Crippen molar-refractivity contribution in [2.24, 2.45) is 0 Å². The molecule has 0 radical (unpaired) electrons. The number of hydrogen-bond acceptors (Lipinski definition) is 2. The van der Waals surface area contributed by atoms with E-state index in [1.807, 2.05) is 38.1 Å². The SMILES string of the molecule is Cc1cc(N(C)C)ccc1[As]=O. The number of hydrogen-bond donors (Lipinski definition) is 0. The summed E-state index contributed by atoms with van der Waals surface area (Å²) in [6.07, 6.45) is 0. The molecule has 0 aromatic heterocycles. The molecule has 64 valence electrons. The van der Waals surface area contributed by atoms with Gasteiger partial charge >= 0.3 is 79.2 Å². The van der Waals surface area contributed by atoms with Crippen molar-refractivity contribution < 1.29 is 3.74 Å². The first kappa shape index (κ1) is 9.47. The van der Waals surface area contributed by atoms with E-state index in [4.69, 9.17) is 0 Å². The third kappa shape index (κ3) is 1.95. The van der Waals surface area contributed by atoms with Gasteiger partial charge in [0, 0.05) is 0 Å². The van der Waals surface area contributed by atoms with Crippen molar-refractivity contribution in [3.05, 3.63) is 23.8 Å². The molecule has 1 aromatic rings. The van der Waals surface area contributed by atoms with Gasteiger partial charge in [0.1, 0.15) is 0 Å². The van der Waals surface area contributed by atoms with Crippen molar-refractivity contribution >= 4 is 25.7 Å². The average Bonchev–Trinajstić information content (AvgIpc) is 2.04. The Kier molecular flexibility index (Phi) is 3.04. The number of nitrogens with zero attached hydrogens (tertiary/aromatic N) is 1. The van der Waals surface area contributed by atoms with E-state index in [0.717, 1.165) is 15.6 Å². The molecule has 0 saturated heterocycles. The van der Waals surface area contributed by atoms with Crippen LogP contribution in [0.5, 0.6) is 0 Å².